The first-order chi connectivity index (χ1) is 17.3. The van der Waals surface area contributed by atoms with Crippen LogP contribution in [0.3, 0.4) is 0 Å². The third kappa shape index (κ3) is 4.69. The van der Waals surface area contributed by atoms with Crippen molar-refractivity contribution in [3.63, 3.8) is 0 Å². The molecule has 0 N–H and O–H groups in total. The smallest absolute Gasteiger partial charge is 0.309 e. The van der Waals surface area contributed by atoms with Crippen molar-refractivity contribution in [3.05, 3.63) is 58.2 Å². The van der Waals surface area contributed by atoms with E-state index in [1.165, 1.54) is 11.1 Å². The van der Waals surface area contributed by atoms with Gasteiger partial charge in [-0.05, 0) is 98.2 Å². The van der Waals surface area contributed by atoms with E-state index in [9.17, 15) is 26.7 Å². The summed E-state index contributed by atoms with van der Waals surface area (Å²) in [6.45, 7) is 2.63. The largest absolute Gasteiger partial charge is 0.482 e. The number of carbonyl (C=O) groups is 1. The Bertz CT molecular complexity index is 1120. The van der Waals surface area contributed by atoms with Gasteiger partial charge in [0.2, 0.25) is 0 Å². The molecule has 37 heavy (non-hydrogen) atoms. The first kappa shape index (κ1) is 26.5. The van der Waals surface area contributed by atoms with Crippen molar-refractivity contribution in [2.45, 2.75) is 82.7 Å². The zero-order valence-electron chi connectivity index (χ0n) is 21.5. The number of hydrogen-bond acceptors (Lipinski definition) is 3. The van der Waals surface area contributed by atoms with Crippen LogP contribution in [0.1, 0.15) is 68.9 Å². The van der Waals surface area contributed by atoms with Crippen molar-refractivity contribution in [3.8, 4) is 0 Å². The molecule has 3 nitrogen and oxygen atoms in total. The highest BCUT2D eigenvalue weighted by Gasteiger charge is 2.65. The first-order valence-electron chi connectivity index (χ1n) is 13.1. The predicted molar refractivity (Wildman–Crippen MR) is 130 cm³/mol. The number of halogens is 5. The molecule has 0 amide bonds. The van der Waals surface area contributed by atoms with Crippen LogP contribution in [0.5, 0.6) is 0 Å². The maximum absolute atomic E-state index is 14.1. The summed E-state index contributed by atoms with van der Waals surface area (Å²) in [6.07, 6.45) is -6.52. The van der Waals surface area contributed by atoms with Gasteiger partial charge >= 0.3 is 12.3 Å². The standard InChI is InChI=1S/C29H34F5NO2/c1-27-15-23(18-6-4-17(5-7-18)16-35(2)3)26-21-11-9-20(36)14-19(21)8-10-22(26)24(27)12-13-25(27)37-29(33,34)28(30,31)32/h4-7,14,22-25H,8-13,15-16H2,1-3H3. The van der Waals surface area contributed by atoms with Crippen LogP contribution in [0.25, 0.3) is 0 Å². The Morgan fingerprint density at radius 2 is 1.70 bits per heavy atom. The number of hydrogen-bond donors (Lipinski definition) is 0. The Hall–Kier alpha value is -2.06. The summed E-state index contributed by atoms with van der Waals surface area (Å²) in [6, 6.07) is 8.26. The van der Waals surface area contributed by atoms with Crippen molar-refractivity contribution >= 4 is 5.78 Å². The van der Waals surface area contributed by atoms with Crippen molar-refractivity contribution in [1.29, 1.82) is 0 Å². The van der Waals surface area contributed by atoms with Gasteiger partial charge in [0.1, 0.15) is 0 Å². The van der Waals surface area contributed by atoms with Crippen molar-refractivity contribution in [1.82, 2.24) is 4.90 Å². The third-order valence-corrected chi connectivity index (χ3v) is 9.15. The lowest BCUT2D eigenvalue weighted by Crippen LogP contribution is -2.50. The molecule has 1 aromatic carbocycles. The molecule has 0 spiro atoms. The minimum Gasteiger partial charge on any atom is -0.309 e. The molecule has 0 radical (unpaired) electrons. The quantitative estimate of drug-likeness (QED) is 0.383. The molecule has 5 unspecified atom stereocenters. The van der Waals surface area contributed by atoms with E-state index in [1.54, 1.807) is 6.08 Å². The fourth-order valence-electron chi connectivity index (χ4n) is 7.57. The molecule has 2 fully saturated rings. The van der Waals surface area contributed by atoms with E-state index in [2.05, 4.69) is 33.9 Å². The number of fused-ring (bicyclic) bond motifs is 4. The third-order valence-electron chi connectivity index (χ3n) is 9.15. The number of benzene rings is 1. The SMILES string of the molecule is CN(C)Cc1ccc(C2CC3(C)C(OC(F)(F)C(F)(F)F)CCC3C3CCC4=CC(=O)CCC4=C23)cc1. The van der Waals surface area contributed by atoms with E-state index in [-0.39, 0.29) is 30.0 Å². The second kappa shape index (κ2) is 9.30. The summed E-state index contributed by atoms with van der Waals surface area (Å²) in [7, 11) is 3.98. The van der Waals surface area contributed by atoms with Crippen molar-refractivity contribution < 1.29 is 31.5 Å². The van der Waals surface area contributed by atoms with Crippen molar-refractivity contribution in [2.24, 2.45) is 17.3 Å². The molecule has 4 aliphatic carbocycles. The average molecular weight is 524 g/mol. The molecule has 5 atom stereocenters. The van der Waals surface area contributed by atoms with Crippen LogP contribution >= 0.6 is 0 Å². The Kier molecular flexibility index (Phi) is 6.67. The minimum absolute atomic E-state index is 0.0347. The van der Waals surface area contributed by atoms with Gasteiger partial charge < -0.3 is 9.64 Å². The van der Waals surface area contributed by atoms with E-state index in [0.29, 0.717) is 25.7 Å². The van der Waals surface area contributed by atoms with Crippen LogP contribution in [0, 0.1) is 17.3 Å². The molecular weight excluding hydrogens is 489 g/mol. The van der Waals surface area contributed by atoms with Crippen molar-refractivity contribution in [2.75, 3.05) is 14.1 Å². The zero-order valence-corrected chi connectivity index (χ0v) is 21.5. The maximum atomic E-state index is 14.1. The molecule has 202 valence electrons. The van der Waals surface area contributed by atoms with Gasteiger partial charge in [-0.2, -0.15) is 22.0 Å². The van der Waals surface area contributed by atoms with E-state index in [4.69, 9.17) is 0 Å². The van der Waals surface area contributed by atoms with Gasteiger partial charge in [0.05, 0.1) is 6.10 Å². The predicted octanol–water partition coefficient (Wildman–Crippen LogP) is 7.19. The number of alkyl halides is 5. The first-order valence-corrected chi connectivity index (χ1v) is 13.1. The highest BCUT2D eigenvalue weighted by Crippen LogP contribution is 2.65. The lowest BCUT2D eigenvalue weighted by molar-refractivity contribution is -0.408. The van der Waals surface area contributed by atoms with Crippen LogP contribution in [0.4, 0.5) is 22.0 Å². The van der Waals surface area contributed by atoms with E-state index >= 15 is 0 Å². The minimum atomic E-state index is -5.75. The number of carbonyl (C=O) groups excluding carboxylic acids is 1. The average Bonchev–Trinajstić information content (AvgIpc) is 3.13. The van der Waals surface area contributed by atoms with Crippen LogP contribution < -0.4 is 0 Å². The monoisotopic (exact) mass is 523 g/mol. The lowest BCUT2D eigenvalue weighted by Gasteiger charge is -2.52. The van der Waals surface area contributed by atoms with Gasteiger partial charge in [-0.25, -0.2) is 0 Å². The molecule has 5 rings (SSSR count). The molecule has 2 saturated carbocycles. The zero-order chi connectivity index (χ0) is 26.8. The summed E-state index contributed by atoms with van der Waals surface area (Å²) in [4.78, 5) is 14.2. The summed E-state index contributed by atoms with van der Waals surface area (Å²) < 4.78 is 72.0. The molecular formula is C29H34F5NO2. The van der Waals surface area contributed by atoms with Gasteiger partial charge in [0, 0.05) is 18.9 Å². The Labute approximate surface area is 214 Å². The maximum Gasteiger partial charge on any atom is 0.482 e. The molecule has 0 aromatic heterocycles. The number of rotatable bonds is 5. The van der Waals surface area contributed by atoms with Gasteiger partial charge in [0.25, 0.3) is 0 Å². The molecule has 8 heteroatoms. The second-order valence-electron chi connectivity index (χ2n) is 11.8. The molecule has 0 heterocycles. The number of ketones is 1. The highest BCUT2D eigenvalue weighted by molar-refractivity contribution is 5.93. The summed E-state index contributed by atoms with van der Waals surface area (Å²) >= 11 is 0. The molecule has 1 aromatic rings. The van der Waals surface area contributed by atoms with Gasteiger partial charge in [-0.15, -0.1) is 0 Å². The van der Waals surface area contributed by atoms with E-state index < -0.39 is 23.8 Å². The number of ether oxygens (including phenoxy) is 1. The van der Waals surface area contributed by atoms with Gasteiger partial charge in [0.15, 0.2) is 5.78 Å². The van der Waals surface area contributed by atoms with Gasteiger partial charge in [-0.1, -0.05) is 36.8 Å². The molecule has 4 aliphatic rings. The van der Waals surface area contributed by atoms with Crippen LogP contribution in [-0.2, 0) is 16.1 Å². The lowest BCUT2D eigenvalue weighted by atomic mass is 9.53. The Morgan fingerprint density at radius 1 is 1.00 bits per heavy atom. The summed E-state index contributed by atoms with van der Waals surface area (Å²) in [5.41, 5.74) is 4.93. The number of allylic oxidation sites excluding steroid dienone is 4. The highest BCUT2D eigenvalue weighted by atomic mass is 19.4. The topological polar surface area (TPSA) is 29.5 Å². The normalized spacial score (nSPS) is 32.2. The summed E-state index contributed by atoms with van der Waals surface area (Å²) in [5, 5.41) is 0. The van der Waals surface area contributed by atoms with Gasteiger partial charge in [-0.3, -0.25) is 4.79 Å². The Balaban J connectivity index is 1.56. The molecule has 0 saturated heterocycles. The van der Waals surface area contributed by atoms with E-state index in [0.717, 1.165) is 36.1 Å². The fourth-order valence-corrected chi connectivity index (χ4v) is 7.57. The molecule has 0 aliphatic heterocycles. The Morgan fingerprint density at radius 3 is 2.35 bits per heavy atom. The summed E-state index contributed by atoms with van der Waals surface area (Å²) in [5.74, 6) is 0.0631. The van der Waals surface area contributed by atoms with Crippen LogP contribution in [0.15, 0.2) is 47.1 Å². The number of nitrogens with zero attached hydrogens (tertiary/aromatic N) is 1. The molecule has 0 bridgehead atoms. The van der Waals surface area contributed by atoms with Crippen LogP contribution in [0.2, 0.25) is 0 Å². The fraction of sp³-hybridized carbons (Fsp3) is 0.621. The second-order valence-corrected chi connectivity index (χ2v) is 11.8. The van der Waals surface area contributed by atoms with E-state index in [1.807, 2.05) is 21.0 Å². The van der Waals surface area contributed by atoms with Crippen LogP contribution in [-0.4, -0.2) is 43.2 Å².